The van der Waals surface area contributed by atoms with Crippen LogP contribution in [0.15, 0.2) is 30.5 Å². The summed E-state index contributed by atoms with van der Waals surface area (Å²) in [4.78, 5) is 25.2. The van der Waals surface area contributed by atoms with E-state index >= 15 is 0 Å². The second-order valence-electron chi connectivity index (χ2n) is 7.41. The zero-order valence-electron chi connectivity index (χ0n) is 16.4. The van der Waals surface area contributed by atoms with Crippen LogP contribution in [0.25, 0.3) is 0 Å². The largest absolute Gasteiger partial charge is 0.353 e. The number of carbonyl (C=O) groups excluding carboxylic acids is 1. The third kappa shape index (κ3) is 4.26. The smallest absolute Gasteiger partial charge is 0.253 e. The van der Waals surface area contributed by atoms with E-state index in [1.807, 2.05) is 42.3 Å². The summed E-state index contributed by atoms with van der Waals surface area (Å²) in [6, 6.07) is 9.84. The number of hydrogen-bond donors (Lipinski definition) is 0. The second-order valence-corrected chi connectivity index (χ2v) is 7.77. The molecule has 0 radical (unpaired) electrons. The van der Waals surface area contributed by atoms with Crippen molar-refractivity contribution in [3.05, 3.63) is 52.4 Å². The number of piperidine rings is 1. The van der Waals surface area contributed by atoms with Crippen LogP contribution in [-0.4, -0.2) is 47.0 Å². The molecule has 0 spiro atoms. The normalized spacial score (nSPS) is 16.7. The van der Waals surface area contributed by atoms with Crippen LogP contribution in [-0.2, 0) is 0 Å². The first kappa shape index (κ1) is 20.1. The fraction of sp³-hybridized carbons (Fsp3) is 0.429. The van der Waals surface area contributed by atoms with Gasteiger partial charge in [-0.1, -0.05) is 37.6 Å². The Hall–Kier alpha value is -2.65. The highest BCUT2D eigenvalue weighted by molar-refractivity contribution is 6.30. The molecular formula is C21H24ClN5O. The summed E-state index contributed by atoms with van der Waals surface area (Å²) in [5, 5.41) is 9.06. The van der Waals surface area contributed by atoms with Gasteiger partial charge in [-0.05, 0) is 36.5 Å². The van der Waals surface area contributed by atoms with Crippen molar-refractivity contribution in [2.45, 2.75) is 38.6 Å². The summed E-state index contributed by atoms with van der Waals surface area (Å²) in [5.74, 6) is 1.09. The summed E-state index contributed by atoms with van der Waals surface area (Å²) in [7, 11) is 1.85. The molecule has 1 saturated heterocycles. The van der Waals surface area contributed by atoms with Gasteiger partial charge in [0.1, 0.15) is 11.9 Å². The molecule has 28 heavy (non-hydrogen) atoms. The van der Waals surface area contributed by atoms with Gasteiger partial charge in [0.25, 0.3) is 5.91 Å². The molecule has 146 valence electrons. The first-order valence-corrected chi connectivity index (χ1v) is 9.83. The fourth-order valence-electron chi connectivity index (χ4n) is 3.44. The van der Waals surface area contributed by atoms with E-state index in [2.05, 4.69) is 28.7 Å². The Kier molecular flexibility index (Phi) is 6.15. The molecule has 6 nitrogen and oxygen atoms in total. The molecule has 2 aromatic rings. The summed E-state index contributed by atoms with van der Waals surface area (Å²) >= 11 is 6.03. The van der Waals surface area contributed by atoms with E-state index < -0.39 is 0 Å². The molecular weight excluding hydrogens is 374 g/mol. The predicted molar refractivity (Wildman–Crippen MR) is 110 cm³/mol. The number of nitriles is 1. The minimum Gasteiger partial charge on any atom is -0.353 e. The van der Waals surface area contributed by atoms with Gasteiger partial charge in [-0.3, -0.25) is 4.79 Å². The average molecular weight is 398 g/mol. The van der Waals surface area contributed by atoms with Crippen LogP contribution in [0.4, 0.5) is 5.82 Å². The van der Waals surface area contributed by atoms with Crippen LogP contribution >= 0.6 is 11.6 Å². The van der Waals surface area contributed by atoms with Gasteiger partial charge in [0.05, 0.1) is 6.20 Å². The third-order valence-electron chi connectivity index (χ3n) is 5.24. The maximum Gasteiger partial charge on any atom is 0.253 e. The standard InChI is InChI=1S/C21H24ClN5O/c1-14(2)15-6-8-16(9-7-15)21(28)26(3)17-5-4-10-27(13-17)19-12-24-18(11-23)20(22)25-19/h6-9,12,14,17H,4-5,10,13H2,1-3H3/t17-/m1/s1. The van der Waals surface area contributed by atoms with Crippen LogP contribution in [0.2, 0.25) is 5.15 Å². The molecule has 0 saturated carbocycles. The van der Waals surface area contributed by atoms with Gasteiger partial charge < -0.3 is 9.80 Å². The van der Waals surface area contributed by atoms with E-state index in [9.17, 15) is 4.79 Å². The highest BCUT2D eigenvalue weighted by Crippen LogP contribution is 2.23. The maximum atomic E-state index is 12.9. The number of benzene rings is 1. The molecule has 1 aliphatic heterocycles. The summed E-state index contributed by atoms with van der Waals surface area (Å²) < 4.78 is 0. The van der Waals surface area contributed by atoms with E-state index in [0.717, 1.165) is 19.4 Å². The van der Waals surface area contributed by atoms with Gasteiger partial charge in [0.15, 0.2) is 10.8 Å². The number of aromatic nitrogens is 2. The Bertz CT molecular complexity index is 891. The van der Waals surface area contributed by atoms with Gasteiger partial charge in [0.2, 0.25) is 0 Å². The molecule has 3 rings (SSSR count). The number of carbonyl (C=O) groups is 1. The summed E-state index contributed by atoms with van der Waals surface area (Å²) in [6.07, 6.45) is 3.44. The number of rotatable bonds is 4. The number of nitrogens with zero attached hydrogens (tertiary/aromatic N) is 5. The first-order chi connectivity index (χ1) is 13.4. The lowest BCUT2D eigenvalue weighted by atomic mass is 10.0. The quantitative estimate of drug-likeness (QED) is 0.783. The van der Waals surface area contributed by atoms with Gasteiger partial charge in [-0.15, -0.1) is 0 Å². The molecule has 0 bridgehead atoms. The Labute approximate surface area is 170 Å². The van der Waals surface area contributed by atoms with Crippen molar-refractivity contribution in [2.24, 2.45) is 0 Å². The summed E-state index contributed by atoms with van der Waals surface area (Å²) in [5.41, 5.74) is 2.04. The highest BCUT2D eigenvalue weighted by Gasteiger charge is 2.28. The molecule has 1 fully saturated rings. The lowest BCUT2D eigenvalue weighted by molar-refractivity contribution is 0.0717. The average Bonchev–Trinajstić information content (AvgIpc) is 2.72. The van der Waals surface area contributed by atoms with Gasteiger partial charge in [-0.2, -0.15) is 5.26 Å². The summed E-state index contributed by atoms with van der Waals surface area (Å²) in [6.45, 7) is 5.75. The van der Waals surface area contributed by atoms with E-state index in [-0.39, 0.29) is 22.8 Å². The molecule has 1 aromatic carbocycles. The van der Waals surface area contributed by atoms with Gasteiger partial charge >= 0.3 is 0 Å². The first-order valence-electron chi connectivity index (χ1n) is 9.45. The molecule has 1 amide bonds. The van der Waals surface area contributed by atoms with Crippen LogP contribution in [0.3, 0.4) is 0 Å². The Morgan fingerprint density at radius 3 is 2.68 bits per heavy atom. The molecule has 1 aliphatic rings. The monoisotopic (exact) mass is 397 g/mol. The van der Waals surface area contributed by atoms with Crippen molar-refractivity contribution < 1.29 is 4.79 Å². The molecule has 7 heteroatoms. The van der Waals surface area contributed by atoms with Crippen LogP contribution < -0.4 is 4.90 Å². The lowest BCUT2D eigenvalue weighted by Crippen LogP contribution is -2.49. The van der Waals surface area contributed by atoms with Crippen LogP contribution in [0, 0.1) is 11.3 Å². The Morgan fingerprint density at radius 2 is 2.07 bits per heavy atom. The van der Waals surface area contributed by atoms with Crippen LogP contribution in [0.1, 0.15) is 54.2 Å². The maximum absolute atomic E-state index is 12.9. The zero-order valence-corrected chi connectivity index (χ0v) is 17.1. The van der Waals surface area contributed by atoms with Crippen molar-refractivity contribution in [2.75, 3.05) is 25.0 Å². The lowest BCUT2D eigenvalue weighted by Gasteiger charge is -2.38. The van der Waals surface area contributed by atoms with Crippen molar-refractivity contribution in [1.29, 1.82) is 5.26 Å². The topological polar surface area (TPSA) is 73.1 Å². The van der Waals surface area contributed by atoms with Crippen LogP contribution in [0.5, 0.6) is 0 Å². The Morgan fingerprint density at radius 1 is 1.36 bits per heavy atom. The number of hydrogen-bond acceptors (Lipinski definition) is 5. The number of likely N-dealkylation sites (N-methyl/N-ethyl adjacent to an activating group) is 1. The van der Waals surface area contributed by atoms with Gasteiger partial charge in [0, 0.05) is 31.7 Å². The minimum absolute atomic E-state index is 0.0195. The molecule has 0 aliphatic carbocycles. The third-order valence-corrected chi connectivity index (χ3v) is 5.50. The van der Waals surface area contributed by atoms with Crippen molar-refractivity contribution in [3.8, 4) is 6.07 Å². The van der Waals surface area contributed by atoms with E-state index in [4.69, 9.17) is 16.9 Å². The number of amides is 1. The van der Waals surface area contributed by atoms with Crippen molar-refractivity contribution in [3.63, 3.8) is 0 Å². The predicted octanol–water partition coefficient (Wildman–Crippen LogP) is 3.87. The molecule has 1 atom stereocenters. The highest BCUT2D eigenvalue weighted by atomic mass is 35.5. The molecule has 0 unspecified atom stereocenters. The second kappa shape index (κ2) is 8.57. The Balaban J connectivity index is 1.71. The number of anilines is 1. The molecule has 1 aromatic heterocycles. The van der Waals surface area contributed by atoms with Gasteiger partial charge in [-0.25, -0.2) is 9.97 Å². The van der Waals surface area contributed by atoms with Crippen molar-refractivity contribution >= 4 is 23.3 Å². The van der Waals surface area contributed by atoms with E-state index in [1.54, 1.807) is 6.20 Å². The SMILES string of the molecule is CC(C)c1ccc(C(=O)N(C)[C@@H]2CCCN(c3cnc(C#N)c(Cl)n3)C2)cc1. The molecule has 2 heterocycles. The molecule has 0 N–H and O–H groups in total. The van der Waals surface area contributed by atoms with Crippen molar-refractivity contribution in [1.82, 2.24) is 14.9 Å². The zero-order chi connectivity index (χ0) is 20.3. The minimum atomic E-state index is 0.0195. The van der Waals surface area contributed by atoms with E-state index in [0.29, 0.717) is 23.8 Å². The van der Waals surface area contributed by atoms with E-state index in [1.165, 1.54) is 5.56 Å². The number of halogens is 1. The fourth-order valence-corrected chi connectivity index (χ4v) is 3.62.